The lowest BCUT2D eigenvalue weighted by Crippen LogP contribution is -2.33. The van der Waals surface area contributed by atoms with Gasteiger partial charge in [-0.3, -0.25) is 4.79 Å². The first-order valence-corrected chi connectivity index (χ1v) is 7.65. The van der Waals surface area contributed by atoms with E-state index in [1.807, 2.05) is 48.5 Å². The summed E-state index contributed by atoms with van der Waals surface area (Å²) in [6.45, 7) is 3.53. The molecular formula is C18H24N2O2. The molecule has 2 rings (SSSR count). The first kappa shape index (κ1) is 16.1. The van der Waals surface area contributed by atoms with Gasteiger partial charge in [0.15, 0.2) is 0 Å². The zero-order valence-corrected chi connectivity index (χ0v) is 13.6. The highest BCUT2D eigenvalue weighted by molar-refractivity contribution is 5.78. The number of carbonyl (C=O) groups is 1. The summed E-state index contributed by atoms with van der Waals surface area (Å²) in [7, 11) is 3.65. The zero-order chi connectivity index (χ0) is 15.9. The Morgan fingerprint density at radius 3 is 2.50 bits per heavy atom. The van der Waals surface area contributed by atoms with Crippen LogP contribution in [0, 0.1) is 0 Å². The van der Waals surface area contributed by atoms with Crippen LogP contribution in [-0.4, -0.2) is 29.0 Å². The number of nitrogens with zero attached hydrogens (tertiary/aromatic N) is 2. The second-order valence-electron chi connectivity index (χ2n) is 5.45. The van der Waals surface area contributed by atoms with E-state index in [0.717, 1.165) is 30.0 Å². The third-order valence-corrected chi connectivity index (χ3v) is 3.76. The highest BCUT2D eigenvalue weighted by Gasteiger charge is 2.15. The van der Waals surface area contributed by atoms with Crippen molar-refractivity contribution >= 4 is 5.91 Å². The molecular weight excluding hydrogens is 276 g/mol. The molecule has 118 valence electrons. The number of methoxy groups -OCH3 is 1. The Morgan fingerprint density at radius 2 is 1.95 bits per heavy atom. The smallest absolute Gasteiger partial charge is 0.227 e. The number of rotatable bonds is 7. The third kappa shape index (κ3) is 4.13. The van der Waals surface area contributed by atoms with Gasteiger partial charge in [0.2, 0.25) is 5.91 Å². The predicted octanol–water partition coefficient (Wildman–Crippen LogP) is 3.02. The molecule has 0 aliphatic heterocycles. The highest BCUT2D eigenvalue weighted by atomic mass is 16.5. The molecule has 0 unspecified atom stereocenters. The molecule has 0 aliphatic carbocycles. The molecule has 0 radical (unpaired) electrons. The van der Waals surface area contributed by atoms with Crippen LogP contribution in [0.15, 0.2) is 42.6 Å². The Bertz CT molecular complexity index is 602. The molecule has 0 fully saturated rings. The molecule has 22 heavy (non-hydrogen) atoms. The molecule has 0 bridgehead atoms. The topological polar surface area (TPSA) is 34.5 Å². The van der Waals surface area contributed by atoms with E-state index in [4.69, 9.17) is 4.74 Å². The molecule has 4 nitrogen and oxygen atoms in total. The molecule has 4 heteroatoms. The van der Waals surface area contributed by atoms with Gasteiger partial charge in [0.25, 0.3) is 0 Å². The number of aromatic nitrogens is 1. The summed E-state index contributed by atoms with van der Waals surface area (Å²) < 4.78 is 7.20. The van der Waals surface area contributed by atoms with Gasteiger partial charge < -0.3 is 14.2 Å². The van der Waals surface area contributed by atoms with Crippen LogP contribution >= 0.6 is 0 Å². The molecule has 1 aromatic carbocycles. The molecule has 0 saturated carbocycles. The van der Waals surface area contributed by atoms with Crippen LogP contribution in [0.25, 0.3) is 0 Å². The van der Waals surface area contributed by atoms with Crippen LogP contribution in [-0.2, 0) is 24.8 Å². The van der Waals surface area contributed by atoms with Crippen molar-refractivity contribution in [2.45, 2.75) is 26.3 Å². The van der Waals surface area contributed by atoms with Crippen molar-refractivity contribution in [2.24, 2.45) is 7.05 Å². The lowest BCUT2D eigenvalue weighted by molar-refractivity contribution is -0.131. The minimum atomic E-state index is 0.160. The van der Waals surface area contributed by atoms with Gasteiger partial charge in [0.1, 0.15) is 5.75 Å². The van der Waals surface area contributed by atoms with Gasteiger partial charge in [-0.05, 0) is 36.2 Å². The first-order chi connectivity index (χ1) is 10.6. The summed E-state index contributed by atoms with van der Waals surface area (Å²) in [5.74, 6) is 0.971. The summed E-state index contributed by atoms with van der Waals surface area (Å²) in [5, 5.41) is 0. The Balaban J connectivity index is 2.03. The van der Waals surface area contributed by atoms with Crippen LogP contribution in [0.3, 0.4) is 0 Å². The second-order valence-corrected chi connectivity index (χ2v) is 5.45. The van der Waals surface area contributed by atoms with E-state index in [1.54, 1.807) is 7.11 Å². The van der Waals surface area contributed by atoms with E-state index in [0.29, 0.717) is 13.0 Å². The average molecular weight is 300 g/mol. The summed E-state index contributed by atoms with van der Waals surface area (Å²) >= 11 is 0. The molecule has 0 atom stereocenters. The number of aryl methyl sites for hydroxylation is 1. The third-order valence-electron chi connectivity index (χ3n) is 3.76. The van der Waals surface area contributed by atoms with Gasteiger partial charge in [-0.2, -0.15) is 0 Å². The van der Waals surface area contributed by atoms with Gasteiger partial charge in [-0.25, -0.2) is 0 Å². The van der Waals surface area contributed by atoms with Crippen LogP contribution in [0.4, 0.5) is 0 Å². The molecule has 1 amide bonds. The van der Waals surface area contributed by atoms with E-state index < -0.39 is 0 Å². The Labute approximate surface area is 132 Å². The fourth-order valence-electron chi connectivity index (χ4n) is 2.45. The number of hydrogen-bond donors (Lipinski definition) is 0. The minimum absolute atomic E-state index is 0.160. The fourth-order valence-corrected chi connectivity index (χ4v) is 2.45. The molecule has 1 heterocycles. The van der Waals surface area contributed by atoms with Crippen molar-refractivity contribution in [1.29, 1.82) is 0 Å². The molecule has 2 aromatic rings. The highest BCUT2D eigenvalue weighted by Crippen LogP contribution is 2.14. The molecule has 0 aliphatic rings. The predicted molar refractivity (Wildman–Crippen MR) is 87.8 cm³/mol. The normalized spacial score (nSPS) is 10.5. The van der Waals surface area contributed by atoms with Crippen molar-refractivity contribution in [3.05, 3.63) is 53.9 Å². The summed E-state index contributed by atoms with van der Waals surface area (Å²) in [5.41, 5.74) is 2.16. The van der Waals surface area contributed by atoms with Crippen molar-refractivity contribution < 1.29 is 9.53 Å². The van der Waals surface area contributed by atoms with Gasteiger partial charge >= 0.3 is 0 Å². The van der Waals surface area contributed by atoms with Crippen LogP contribution in [0.5, 0.6) is 5.75 Å². The van der Waals surface area contributed by atoms with Crippen LogP contribution < -0.4 is 4.74 Å². The van der Waals surface area contributed by atoms with Crippen molar-refractivity contribution in [3.63, 3.8) is 0 Å². The molecule has 0 spiro atoms. The monoisotopic (exact) mass is 300 g/mol. The summed E-state index contributed by atoms with van der Waals surface area (Å²) in [4.78, 5) is 14.5. The lowest BCUT2D eigenvalue weighted by atomic mass is 10.1. The van der Waals surface area contributed by atoms with Crippen LogP contribution in [0.1, 0.15) is 24.6 Å². The van der Waals surface area contributed by atoms with Gasteiger partial charge in [-0.1, -0.05) is 19.1 Å². The Morgan fingerprint density at radius 1 is 1.23 bits per heavy atom. The summed E-state index contributed by atoms with van der Waals surface area (Å²) in [6.07, 6.45) is 3.39. The number of ether oxygens (including phenoxy) is 1. The SMILES string of the molecule is CCCN(Cc1cccn1C)C(=O)Cc1ccc(OC)cc1. The number of hydrogen-bond acceptors (Lipinski definition) is 2. The number of benzene rings is 1. The van der Waals surface area contributed by atoms with Crippen molar-refractivity contribution in [2.75, 3.05) is 13.7 Å². The van der Waals surface area contributed by atoms with Gasteiger partial charge in [0, 0.05) is 25.5 Å². The van der Waals surface area contributed by atoms with E-state index >= 15 is 0 Å². The largest absolute Gasteiger partial charge is 0.497 e. The number of carbonyl (C=O) groups excluding carboxylic acids is 1. The minimum Gasteiger partial charge on any atom is -0.497 e. The quantitative estimate of drug-likeness (QED) is 0.788. The van der Waals surface area contributed by atoms with E-state index in [2.05, 4.69) is 17.6 Å². The first-order valence-electron chi connectivity index (χ1n) is 7.65. The fraction of sp³-hybridized carbons (Fsp3) is 0.389. The van der Waals surface area contributed by atoms with E-state index in [9.17, 15) is 4.79 Å². The second kappa shape index (κ2) is 7.69. The van der Waals surface area contributed by atoms with E-state index in [1.165, 1.54) is 0 Å². The number of amides is 1. The Hall–Kier alpha value is -2.23. The summed E-state index contributed by atoms with van der Waals surface area (Å²) in [6, 6.07) is 11.7. The van der Waals surface area contributed by atoms with Gasteiger partial charge in [0.05, 0.1) is 20.1 Å². The average Bonchev–Trinajstić information content (AvgIpc) is 2.93. The van der Waals surface area contributed by atoms with Crippen LogP contribution in [0.2, 0.25) is 0 Å². The molecule has 0 N–H and O–H groups in total. The van der Waals surface area contributed by atoms with Crippen molar-refractivity contribution in [1.82, 2.24) is 9.47 Å². The maximum atomic E-state index is 12.6. The van der Waals surface area contributed by atoms with E-state index in [-0.39, 0.29) is 5.91 Å². The molecule has 1 aromatic heterocycles. The zero-order valence-electron chi connectivity index (χ0n) is 13.6. The van der Waals surface area contributed by atoms with Crippen molar-refractivity contribution in [3.8, 4) is 5.75 Å². The Kier molecular flexibility index (Phi) is 5.64. The van der Waals surface area contributed by atoms with Gasteiger partial charge in [-0.15, -0.1) is 0 Å². The lowest BCUT2D eigenvalue weighted by Gasteiger charge is -2.22. The molecule has 0 saturated heterocycles. The maximum Gasteiger partial charge on any atom is 0.227 e. The standard InChI is InChI=1S/C18H24N2O2/c1-4-11-20(14-16-6-5-12-19(16)2)18(21)13-15-7-9-17(22-3)10-8-15/h5-10,12H,4,11,13-14H2,1-3H3. The maximum absolute atomic E-state index is 12.6.